The molecule has 0 heterocycles. The standard InChI is InChI=1S/C16H32O2Si/c1-12(2)13-9-10-16(6,17)14(11-13)18-19(7,8)15(3,4)5/h9,12,14,17H,10-11H2,1-8H3/t14-,16+/m1/s1. The van der Waals surface area contributed by atoms with Crippen molar-refractivity contribution < 1.29 is 9.53 Å². The molecular formula is C16H32O2Si. The molecule has 0 aliphatic heterocycles. The predicted molar refractivity (Wildman–Crippen MR) is 84.8 cm³/mol. The molecule has 0 aromatic heterocycles. The van der Waals surface area contributed by atoms with Crippen LogP contribution in [0.2, 0.25) is 18.1 Å². The average molecular weight is 285 g/mol. The first-order chi connectivity index (χ1) is 8.37. The molecule has 112 valence electrons. The number of hydrogen-bond acceptors (Lipinski definition) is 2. The molecule has 0 saturated heterocycles. The lowest BCUT2D eigenvalue weighted by molar-refractivity contribution is -0.0573. The molecule has 0 aromatic carbocycles. The largest absolute Gasteiger partial charge is 0.411 e. The summed E-state index contributed by atoms with van der Waals surface area (Å²) < 4.78 is 6.49. The Morgan fingerprint density at radius 3 is 2.32 bits per heavy atom. The molecule has 3 heteroatoms. The monoisotopic (exact) mass is 284 g/mol. The molecule has 2 nitrogen and oxygen atoms in total. The molecule has 2 atom stereocenters. The smallest absolute Gasteiger partial charge is 0.192 e. The third-order valence-corrected chi connectivity index (χ3v) is 9.36. The molecule has 0 radical (unpaired) electrons. The van der Waals surface area contributed by atoms with Crippen molar-refractivity contribution >= 4 is 8.32 Å². The Kier molecular flexibility index (Phi) is 4.76. The van der Waals surface area contributed by atoms with Gasteiger partial charge in [0, 0.05) is 0 Å². The van der Waals surface area contributed by atoms with Gasteiger partial charge in [0.15, 0.2) is 8.32 Å². The second-order valence-electron chi connectivity index (χ2n) is 8.07. The fourth-order valence-electron chi connectivity index (χ4n) is 2.16. The summed E-state index contributed by atoms with van der Waals surface area (Å²) in [6.45, 7) is 17.6. The van der Waals surface area contributed by atoms with E-state index < -0.39 is 13.9 Å². The van der Waals surface area contributed by atoms with Gasteiger partial charge in [0.1, 0.15) is 0 Å². The van der Waals surface area contributed by atoms with Crippen LogP contribution in [0, 0.1) is 5.92 Å². The Balaban J connectivity index is 2.90. The minimum atomic E-state index is -1.83. The van der Waals surface area contributed by atoms with Gasteiger partial charge in [0.25, 0.3) is 0 Å². The molecule has 0 aromatic rings. The van der Waals surface area contributed by atoms with Crippen molar-refractivity contribution in [3.8, 4) is 0 Å². The maximum Gasteiger partial charge on any atom is 0.192 e. The zero-order valence-electron chi connectivity index (χ0n) is 14.0. The van der Waals surface area contributed by atoms with Crippen LogP contribution in [-0.2, 0) is 4.43 Å². The van der Waals surface area contributed by atoms with Crippen LogP contribution in [0.25, 0.3) is 0 Å². The second-order valence-corrected chi connectivity index (χ2v) is 12.8. The van der Waals surface area contributed by atoms with Crippen molar-refractivity contribution in [3.63, 3.8) is 0 Å². The van der Waals surface area contributed by atoms with Crippen molar-refractivity contribution in [1.29, 1.82) is 0 Å². The molecular weight excluding hydrogens is 252 g/mol. The summed E-state index contributed by atoms with van der Waals surface area (Å²) in [5.74, 6) is 0.543. The van der Waals surface area contributed by atoms with Crippen molar-refractivity contribution in [2.24, 2.45) is 5.92 Å². The van der Waals surface area contributed by atoms with Gasteiger partial charge < -0.3 is 9.53 Å². The Labute approximate surface area is 120 Å². The van der Waals surface area contributed by atoms with Gasteiger partial charge in [0.2, 0.25) is 0 Å². The Hall–Kier alpha value is -0.123. The average Bonchev–Trinajstić information content (AvgIpc) is 2.18. The van der Waals surface area contributed by atoms with Crippen LogP contribution in [0.15, 0.2) is 11.6 Å². The van der Waals surface area contributed by atoms with Crippen LogP contribution >= 0.6 is 0 Å². The maximum absolute atomic E-state index is 10.6. The molecule has 19 heavy (non-hydrogen) atoms. The van der Waals surface area contributed by atoms with E-state index in [1.54, 1.807) is 0 Å². The van der Waals surface area contributed by atoms with Crippen LogP contribution in [0.4, 0.5) is 0 Å². The minimum absolute atomic E-state index is 0.0595. The van der Waals surface area contributed by atoms with Gasteiger partial charge >= 0.3 is 0 Å². The van der Waals surface area contributed by atoms with Gasteiger partial charge in [-0.25, -0.2) is 0 Å². The molecule has 0 spiro atoms. The van der Waals surface area contributed by atoms with Crippen molar-refractivity contribution in [1.82, 2.24) is 0 Å². The predicted octanol–water partition coefficient (Wildman–Crippen LogP) is 4.50. The first-order valence-corrected chi connectivity index (χ1v) is 10.4. The number of aliphatic hydroxyl groups is 1. The van der Waals surface area contributed by atoms with E-state index in [4.69, 9.17) is 4.43 Å². The summed E-state index contributed by atoms with van der Waals surface area (Å²) in [5.41, 5.74) is 0.698. The molecule has 0 fully saturated rings. The Morgan fingerprint density at radius 1 is 1.37 bits per heavy atom. The summed E-state index contributed by atoms with van der Waals surface area (Å²) in [7, 11) is -1.83. The van der Waals surface area contributed by atoms with E-state index in [1.807, 2.05) is 6.92 Å². The zero-order valence-corrected chi connectivity index (χ0v) is 15.0. The summed E-state index contributed by atoms with van der Waals surface area (Å²) >= 11 is 0. The summed E-state index contributed by atoms with van der Waals surface area (Å²) in [4.78, 5) is 0. The first-order valence-electron chi connectivity index (χ1n) is 7.46. The molecule has 0 unspecified atom stereocenters. The molecule has 0 amide bonds. The topological polar surface area (TPSA) is 29.5 Å². The highest BCUT2D eigenvalue weighted by Gasteiger charge is 2.44. The third kappa shape index (κ3) is 3.93. The quantitative estimate of drug-likeness (QED) is 0.610. The summed E-state index contributed by atoms with van der Waals surface area (Å²) in [5, 5.41) is 10.8. The lowest BCUT2D eigenvalue weighted by Crippen LogP contribution is -2.52. The zero-order chi connectivity index (χ0) is 15.1. The molecule has 0 bridgehead atoms. The highest BCUT2D eigenvalue weighted by atomic mass is 28.4. The van der Waals surface area contributed by atoms with Gasteiger partial charge in [-0.15, -0.1) is 0 Å². The molecule has 1 N–H and O–H groups in total. The highest BCUT2D eigenvalue weighted by Crippen LogP contribution is 2.41. The second kappa shape index (κ2) is 5.34. The van der Waals surface area contributed by atoms with E-state index in [0.29, 0.717) is 12.3 Å². The van der Waals surface area contributed by atoms with Crippen LogP contribution < -0.4 is 0 Å². The highest BCUT2D eigenvalue weighted by molar-refractivity contribution is 6.74. The molecule has 1 aliphatic rings. The SMILES string of the molecule is CC(C)C1=CC[C@](C)(O)[C@H](O[Si](C)(C)C(C)(C)C)C1. The van der Waals surface area contributed by atoms with Crippen LogP contribution in [0.1, 0.15) is 54.4 Å². The fourth-order valence-corrected chi connectivity index (χ4v) is 3.56. The first kappa shape index (κ1) is 16.9. The normalized spacial score (nSPS) is 29.6. The van der Waals surface area contributed by atoms with Crippen molar-refractivity contribution in [2.45, 2.75) is 84.2 Å². The molecule has 1 aliphatic carbocycles. The van der Waals surface area contributed by atoms with E-state index >= 15 is 0 Å². The Bertz CT molecular complexity index is 348. The maximum atomic E-state index is 10.6. The lowest BCUT2D eigenvalue weighted by atomic mass is 9.81. The van der Waals surface area contributed by atoms with Gasteiger partial charge in [-0.2, -0.15) is 0 Å². The van der Waals surface area contributed by atoms with E-state index in [0.717, 1.165) is 6.42 Å². The molecule has 0 saturated carbocycles. The van der Waals surface area contributed by atoms with Gasteiger partial charge in [0.05, 0.1) is 11.7 Å². The molecule has 1 rings (SSSR count). The summed E-state index contributed by atoms with van der Waals surface area (Å²) in [6.07, 6.45) is 3.73. The van der Waals surface area contributed by atoms with Crippen LogP contribution in [0.5, 0.6) is 0 Å². The van der Waals surface area contributed by atoms with Gasteiger partial charge in [-0.3, -0.25) is 0 Å². The minimum Gasteiger partial charge on any atom is -0.411 e. The van der Waals surface area contributed by atoms with Crippen molar-refractivity contribution in [3.05, 3.63) is 11.6 Å². The number of hydrogen-bond donors (Lipinski definition) is 1. The summed E-state index contributed by atoms with van der Waals surface area (Å²) in [6, 6.07) is 0. The van der Waals surface area contributed by atoms with Gasteiger partial charge in [-0.1, -0.05) is 46.3 Å². The van der Waals surface area contributed by atoms with E-state index in [9.17, 15) is 5.11 Å². The van der Waals surface area contributed by atoms with Gasteiger partial charge in [-0.05, 0) is 43.8 Å². The number of rotatable bonds is 3. The van der Waals surface area contributed by atoms with Crippen LogP contribution in [0.3, 0.4) is 0 Å². The van der Waals surface area contributed by atoms with Crippen LogP contribution in [-0.4, -0.2) is 25.1 Å². The van der Waals surface area contributed by atoms with Crippen molar-refractivity contribution in [2.75, 3.05) is 0 Å². The fraction of sp³-hybridized carbons (Fsp3) is 0.875. The lowest BCUT2D eigenvalue weighted by Gasteiger charge is -2.45. The van der Waals surface area contributed by atoms with E-state index in [-0.39, 0.29) is 11.1 Å². The Morgan fingerprint density at radius 2 is 1.89 bits per heavy atom. The van der Waals surface area contributed by atoms with E-state index in [2.05, 4.69) is 53.8 Å². The van der Waals surface area contributed by atoms with E-state index in [1.165, 1.54) is 5.57 Å². The third-order valence-electron chi connectivity index (χ3n) is 4.88.